The third-order valence-electron chi connectivity index (χ3n) is 2.24. The lowest BCUT2D eigenvalue weighted by atomic mass is 9.98. The highest BCUT2D eigenvalue weighted by Gasteiger charge is 2.48. The first-order valence-corrected chi connectivity index (χ1v) is 4.92. The molecule has 0 aliphatic carbocycles. The summed E-state index contributed by atoms with van der Waals surface area (Å²) in [5.41, 5.74) is 0. The third-order valence-corrected chi connectivity index (χ3v) is 2.24. The number of aliphatic hydroxyl groups is 3. The van der Waals surface area contributed by atoms with Crippen molar-refractivity contribution in [3.05, 3.63) is 0 Å². The maximum Gasteiger partial charge on any atom is 0.335 e. The zero-order chi connectivity index (χ0) is 12.5. The Morgan fingerprint density at radius 1 is 1.25 bits per heavy atom. The van der Waals surface area contributed by atoms with E-state index in [4.69, 9.17) is 14.9 Å². The van der Waals surface area contributed by atoms with Gasteiger partial charge in [0.05, 0.1) is 6.10 Å². The minimum Gasteiger partial charge on any atom is -0.479 e. The Morgan fingerprint density at radius 3 is 2.25 bits per heavy atom. The predicted molar refractivity (Wildman–Crippen MR) is 50.5 cm³/mol. The second-order valence-corrected chi connectivity index (χ2v) is 3.92. The molecule has 0 aromatic carbocycles. The van der Waals surface area contributed by atoms with Gasteiger partial charge < -0.3 is 29.9 Å². The van der Waals surface area contributed by atoms with E-state index in [1.54, 1.807) is 13.8 Å². The Kier molecular flexibility index (Phi) is 4.22. The van der Waals surface area contributed by atoms with Crippen LogP contribution < -0.4 is 0 Å². The van der Waals surface area contributed by atoms with E-state index in [0.29, 0.717) is 0 Å². The van der Waals surface area contributed by atoms with Crippen molar-refractivity contribution < 1.29 is 34.7 Å². The van der Waals surface area contributed by atoms with Gasteiger partial charge in [-0.2, -0.15) is 0 Å². The Morgan fingerprint density at radius 2 is 1.81 bits per heavy atom. The molecule has 0 spiro atoms. The SMILES string of the molecule is CC(C)O[C@H]1C(C(=O)O)O[C@H](O)[C@@H](O)C1O. The van der Waals surface area contributed by atoms with Crippen LogP contribution >= 0.6 is 0 Å². The van der Waals surface area contributed by atoms with Crippen molar-refractivity contribution in [2.75, 3.05) is 0 Å². The van der Waals surface area contributed by atoms with Crippen LogP contribution in [0.1, 0.15) is 13.8 Å². The van der Waals surface area contributed by atoms with Gasteiger partial charge in [0.15, 0.2) is 12.4 Å². The van der Waals surface area contributed by atoms with Crippen molar-refractivity contribution in [1.29, 1.82) is 0 Å². The van der Waals surface area contributed by atoms with Gasteiger partial charge in [-0.05, 0) is 13.8 Å². The molecule has 1 saturated heterocycles. The van der Waals surface area contributed by atoms with Crippen molar-refractivity contribution in [2.45, 2.75) is 50.7 Å². The summed E-state index contributed by atoms with van der Waals surface area (Å²) in [6.07, 6.45) is -7.88. The molecule has 4 N–H and O–H groups in total. The quantitative estimate of drug-likeness (QED) is 0.461. The molecule has 0 aromatic rings. The number of hydrogen-bond acceptors (Lipinski definition) is 6. The van der Waals surface area contributed by atoms with Crippen LogP contribution in [0.3, 0.4) is 0 Å². The van der Waals surface area contributed by atoms with E-state index >= 15 is 0 Å². The van der Waals surface area contributed by atoms with E-state index < -0.39 is 36.7 Å². The van der Waals surface area contributed by atoms with E-state index in [1.807, 2.05) is 0 Å². The number of carboxylic acids is 1. The monoisotopic (exact) mass is 236 g/mol. The molecule has 2 unspecified atom stereocenters. The summed E-state index contributed by atoms with van der Waals surface area (Å²) >= 11 is 0. The van der Waals surface area contributed by atoms with Crippen LogP contribution in [0.2, 0.25) is 0 Å². The smallest absolute Gasteiger partial charge is 0.335 e. The fourth-order valence-corrected chi connectivity index (χ4v) is 1.52. The summed E-state index contributed by atoms with van der Waals surface area (Å²) in [5.74, 6) is -1.37. The van der Waals surface area contributed by atoms with Crippen molar-refractivity contribution in [3.63, 3.8) is 0 Å². The second-order valence-electron chi connectivity index (χ2n) is 3.92. The molecule has 7 nitrogen and oxygen atoms in total. The molecular formula is C9H16O7. The molecule has 1 fully saturated rings. The third kappa shape index (κ3) is 2.69. The fraction of sp³-hybridized carbons (Fsp3) is 0.889. The van der Waals surface area contributed by atoms with Crippen LogP contribution in [0.25, 0.3) is 0 Å². The van der Waals surface area contributed by atoms with Crippen LogP contribution in [0.5, 0.6) is 0 Å². The highest BCUT2D eigenvalue weighted by Crippen LogP contribution is 2.23. The standard InChI is InChI=1S/C9H16O7/c1-3(2)15-6-4(10)5(11)9(14)16-7(6)8(12)13/h3-7,9-11,14H,1-2H3,(H,12,13)/t4?,5-,6+,7?,9-/m0/s1. The highest BCUT2D eigenvalue weighted by molar-refractivity contribution is 5.73. The molecular weight excluding hydrogens is 220 g/mol. The summed E-state index contributed by atoms with van der Waals surface area (Å²) < 4.78 is 9.83. The number of carbonyl (C=O) groups is 1. The van der Waals surface area contributed by atoms with E-state index in [1.165, 1.54) is 0 Å². The number of aliphatic carboxylic acids is 1. The maximum absolute atomic E-state index is 10.8. The highest BCUT2D eigenvalue weighted by atomic mass is 16.7. The molecule has 1 rings (SSSR count). The van der Waals surface area contributed by atoms with Gasteiger partial charge in [0.1, 0.15) is 18.3 Å². The zero-order valence-corrected chi connectivity index (χ0v) is 8.98. The molecule has 0 amide bonds. The normalized spacial score (nSPS) is 40.0. The lowest BCUT2D eigenvalue weighted by Gasteiger charge is -2.39. The Labute approximate surface area is 92.2 Å². The molecule has 5 atom stereocenters. The number of hydrogen-bond donors (Lipinski definition) is 4. The lowest BCUT2D eigenvalue weighted by Crippen LogP contribution is -2.61. The second kappa shape index (κ2) is 5.07. The summed E-state index contributed by atoms with van der Waals surface area (Å²) in [7, 11) is 0. The zero-order valence-electron chi connectivity index (χ0n) is 8.98. The van der Waals surface area contributed by atoms with Crippen LogP contribution in [0, 0.1) is 0 Å². The van der Waals surface area contributed by atoms with Gasteiger partial charge in [-0.3, -0.25) is 0 Å². The summed E-state index contributed by atoms with van der Waals surface area (Å²) in [4.78, 5) is 10.8. The lowest BCUT2D eigenvalue weighted by molar-refractivity contribution is -0.291. The number of aliphatic hydroxyl groups excluding tert-OH is 3. The van der Waals surface area contributed by atoms with Crippen molar-refractivity contribution in [3.8, 4) is 0 Å². The molecule has 0 saturated carbocycles. The van der Waals surface area contributed by atoms with Gasteiger partial charge in [-0.25, -0.2) is 4.79 Å². The minimum absolute atomic E-state index is 0.340. The van der Waals surface area contributed by atoms with Gasteiger partial charge in [0.25, 0.3) is 0 Å². The molecule has 16 heavy (non-hydrogen) atoms. The van der Waals surface area contributed by atoms with Gasteiger partial charge in [0, 0.05) is 0 Å². The minimum atomic E-state index is -1.73. The summed E-state index contributed by atoms with van der Waals surface area (Å²) in [6.45, 7) is 3.31. The first-order chi connectivity index (χ1) is 7.34. The van der Waals surface area contributed by atoms with Gasteiger partial charge >= 0.3 is 5.97 Å². The number of ether oxygens (including phenoxy) is 2. The Bertz CT molecular complexity index is 254. The van der Waals surface area contributed by atoms with Crippen molar-refractivity contribution in [2.24, 2.45) is 0 Å². The van der Waals surface area contributed by atoms with Crippen LogP contribution in [0.15, 0.2) is 0 Å². The van der Waals surface area contributed by atoms with Gasteiger partial charge in [-0.1, -0.05) is 0 Å². The average molecular weight is 236 g/mol. The van der Waals surface area contributed by atoms with E-state index in [0.717, 1.165) is 0 Å². The van der Waals surface area contributed by atoms with Gasteiger partial charge in [-0.15, -0.1) is 0 Å². The van der Waals surface area contributed by atoms with E-state index in [-0.39, 0.29) is 6.10 Å². The molecule has 0 radical (unpaired) electrons. The van der Waals surface area contributed by atoms with Crippen molar-refractivity contribution >= 4 is 5.97 Å². The summed E-state index contributed by atoms with van der Waals surface area (Å²) in [5, 5.41) is 36.9. The molecule has 7 heteroatoms. The van der Waals surface area contributed by atoms with Crippen LogP contribution in [-0.2, 0) is 14.3 Å². The van der Waals surface area contributed by atoms with Crippen LogP contribution in [0.4, 0.5) is 0 Å². The van der Waals surface area contributed by atoms with Gasteiger partial charge in [0.2, 0.25) is 0 Å². The Balaban J connectivity index is 2.84. The molecule has 1 heterocycles. The topological polar surface area (TPSA) is 116 Å². The van der Waals surface area contributed by atoms with Crippen molar-refractivity contribution in [1.82, 2.24) is 0 Å². The van der Waals surface area contributed by atoms with Crippen LogP contribution in [-0.4, -0.2) is 63.2 Å². The fourth-order valence-electron chi connectivity index (χ4n) is 1.52. The molecule has 1 aliphatic rings. The largest absolute Gasteiger partial charge is 0.479 e. The predicted octanol–water partition coefficient (Wildman–Crippen LogP) is -1.70. The molecule has 1 aliphatic heterocycles. The first kappa shape index (κ1) is 13.3. The summed E-state index contributed by atoms with van der Waals surface area (Å²) in [6, 6.07) is 0. The average Bonchev–Trinajstić information content (AvgIpc) is 2.17. The molecule has 0 aromatic heterocycles. The number of rotatable bonds is 3. The van der Waals surface area contributed by atoms with E-state index in [9.17, 15) is 15.0 Å². The van der Waals surface area contributed by atoms with E-state index in [2.05, 4.69) is 4.74 Å². The first-order valence-electron chi connectivity index (χ1n) is 4.92. The Hall–Kier alpha value is -0.730. The number of carboxylic acid groups (broad SMARTS) is 1. The maximum atomic E-state index is 10.8. The molecule has 0 bridgehead atoms. The molecule has 94 valence electrons.